The number of hydrogen-bond donors (Lipinski definition) is 1. The van der Waals surface area contributed by atoms with Crippen LogP contribution in [-0.2, 0) is 20.3 Å². The lowest BCUT2D eigenvalue weighted by atomic mass is 9.49. The van der Waals surface area contributed by atoms with Crippen molar-refractivity contribution in [1.29, 1.82) is 0 Å². The van der Waals surface area contributed by atoms with Crippen molar-refractivity contribution in [3.63, 3.8) is 0 Å². The van der Waals surface area contributed by atoms with Gasteiger partial charge in [-0.3, -0.25) is 0 Å². The molecule has 1 aliphatic carbocycles. The summed E-state index contributed by atoms with van der Waals surface area (Å²) in [5.74, 6) is -0.671. The zero-order valence-electron chi connectivity index (χ0n) is 13.5. The highest BCUT2D eigenvalue weighted by Gasteiger charge is 2.84. The molecule has 1 spiro atoms. The first kappa shape index (κ1) is 14.5. The van der Waals surface area contributed by atoms with Crippen molar-refractivity contribution in [2.45, 2.75) is 57.8 Å². The fourth-order valence-corrected chi connectivity index (χ4v) is 5.25. The molecular weight excluding hydrogens is 280 g/mol. The molecule has 4 nitrogen and oxygen atoms in total. The van der Waals surface area contributed by atoms with E-state index in [9.17, 15) is 5.11 Å². The molecule has 2 heterocycles. The van der Waals surface area contributed by atoms with Gasteiger partial charge in [-0.15, -0.1) is 0 Å². The zero-order chi connectivity index (χ0) is 15.6. The van der Waals surface area contributed by atoms with Gasteiger partial charge in [0, 0.05) is 16.4 Å². The Morgan fingerprint density at radius 2 is 2.00 bits per heavy atom. The summed E-state index contributed by atoms with van der Waals surface area (Å²) in [6.07, 6.45) is 4.37. The molecule has 2 aliphatic heterocycles. The molecule has 0 aromatic heterocycles. The van der Waals surface area contributed by atoms with Crippen LogP contribution in [0.1, 0.15) is 52.0 Å². The summed E-state index contributed by atoms with van der Waals surface area (Å²) in [5.41, 5.74) is 0.275. The predicted octanol–water partition coefficient (Wildman–Crippen LogP) is 3.88. The van der Waals surface area contributed by atoms with Crippen LogP contribution >= 0.6 is 0 Å². The van der Waals surface area contributed by atoms with Crippen molar-refractivity contribution < 1.29 is 19.6 Å². The molecule has 3 atom stereocenters. The van der Waals surface area contributed by atoms with Crippen LogP contribution < -0.4 is 0 Å². The van der Waals surface area contributed by atoms with Crippen molar-refractivity contribution in [2.24, 2.45) is 10.8 Å². The van der Waals surface area contributed by atoms with E-state index in [1.54, 1.807) is 12.1 Å². The standard InChI is InChI=1S/C18H24O4/c1-4-16-10-6-9-15(2,3)18(16)17(20-12-16,21-22-18)13-7-5-8-14(19)11-13/h5,7-8,11,19H,4,6,9-10,12H2,1-3H3/t16-,17+,18+/m1/s1. The van der Waals surface area contributed by atoms with Crippen LogP contribution in [-0.4, -0.2) is 17.3 Å². The van der Waals surface area contributed by atoms with Crippen LogP contribution in [0.4, 0.5) is 0 Å². The highest BCUT2D eigenvalue weighted by atomic mass is 17.3. The third kappa shape index (κ3) is 1.35. The van der Waals surface area contributed by atoms with Gasteiger partial charge in [-0.25, -0.2) is 4.89 Å². The summed E-state index contributed by atoms with van der Waals surface area (Å²) >= 11 is 0. The summed E-state index contributed by atoms with van der Waals surface area (Å²) < 4.78 is 6.29. The van der Waals surface area contributed by atoms with E-state index in [0.717, 1.165) is 24.8 Å². The molecule has 3 aliphatic rings. The molecule has 1 saturated carbocycles. The van der Waals surface area contributed by atoms with E-state index in [-0.39, 0.29) is 16.6 Å². The molecular formula is C18H24O4. The third-order valence-corrected chi connectivity index (χ3v) is 6.36. The molecule has 3 fully saturated rings. The van der Waals surface area contributed by atoms with Gasteiger partial charge in [0.15, 0.2) is 5.60 Å². The lowest BCUT2D eigenvalue weighted by Gasteiger charge is -2.65. The maximum Gasteiger partial charge on any atom is 0.261 e. The van der Waals surface area contributed by atoms with E-state index in [1.165, 1.54) is 6.42 Å². The fourth-order valence-electron chi connectivity index (χ4n) is 5.25. The van der Waals surface area contributed by atoms with Crippen molar-refractivity contribution in [2.75, 3.05) is 6.61 Å². The molecule has 0 unspecified atom stereocenters. The molecule has 4 heteroatoms. The maximum absolute atomic E-state index is 9.89. The minimum Gasteiger partial charge on any atom is -0.508 e. The van der Waals surface area contributed by atoms with Gasteiger partial charge in [-0.2, -0.15) is 4.89 Å². The van der Waals surface area contributed by atoms with Crippen LogP contribution in [0.3, 0.4) is 0 Å². The van der Waals surface area contributed by atoms with Crippen molar-refractivity contribution >= 4 is 0 Å². The largest absolute Gasteiger partial charge is 0.508 e. The minimum absolute atomic E-state index is 0.0293. The Balaban J connectivity index is 1.92. The Bertz CT molecular complexity index is 613. The summed E-state index contributed by atoms with van der Waals surface area (Å²) in [7, 11) is 0. The van der Waals surface area contributed by atoms with E-state index in [0.29, 0.717) is 6.61 Å². The summed E-state index contributed by atoms with van der Waals surface area (Å²) in [6, 6.07) is 7.20. The Morgan fingerprint density at radius 1 is 1.18 bits per heavy atom. The number of aromatic hydroxyl groups is 1. The Labute approximate surface area is 131 Å². The van der Waals surface area contributed by atoms with Gasteiger partial charge in [0.05, 0.1) is 6.61 Å². The number of phenolic OH excluding ortho intramolecular Hbond substituents is 1. The van der Waals surface area contributed by atoms with E-state index in [1.807, 2.05) is 12.1 Å². The molecule has 1 N–H and O–H groups in total. The van der Waals surface area contributed by atoms with Crippen LogP contribution in [0.25, 0.3) is 0 Å². The molecule has 1 aromatic carbocycles. The molecule has 2 saturated heterocycles. The molecule has 0 radical (unpaired) electrons. The highest BCUT2D eigenvalue weighted by Crippen LogP contribution is 2.74. The van der Waals surface area contributed by atoms with Crippen molar-refractivity contribution in [1.82, 2.24) is 0 Å². The summed E-state index contributed by atoms with van der Waals surface area (Å²) in [5, 5.41) is 9.89. The topological polar surface area (TPSA) is 47.9 Å². The Kier molecular flexibility index (Phi) is 2.80. The number of ether oxygens (including phenoxy) is 1. The molecule has 0 bridgehead atoms. The smallest absolute Gasteiger partial charge is 0.261 e. The van der Waals surface area contributed by atoms with E-state index in [4.69, 9.17) is 14.5 Å². The number of benzene rings is 1. The van der Waals surface area contributed by atoms with Gasteiger partial charge in [0.2, 0.25) is 0 Å². The quantitative estimate of drug-likeness (QED) is 0.842. The Hall–Kier alpha value is -1.10. The van der Waals surface area contributed by atoms with Crippen LogP contribution in [0.15, 0.2) is 24.3 Å². The van der Waals surface area contributed by atoms with Gasteiger partial charge in [0.25, 0.3) is 5.79 Å². The maximum atomic E-state index is 9.89. The average Bonchev–Trinajstić information content (AvgIpc) is 2.66. The number of phenols is 1. The predicted molar refractivity (Wildman–Crippen MR) is 81.0 cm³/mol. The zero-order valence-corrected chi connectivity index (χ0v) is 13.5. The van der Waals surface area contributed by atoms with E-state index >= 15 is 0 Å². The molecule has 22 heavy (non-hydrogen) atoms. The first-order chi connectivity index (χ1) is 10.4. The van der Waals surface area contributed by atoms with Gasteiger partial charge >= 0.3 is 0 Å². The molecule has 4 rings (SSSR count). The molecule has 1 aromatic rings. The van der Waals surface area contributed by atoms with Gasteiger partial charge < -0.3 is 9.84 Å². The van der Waals surface area contributed by atoms with E-state index in [2.05, 4.69) is 20.8 Å². The third-order valence-electron chi connectivity index (χ3n) is 6.36. The lowest BCUT2D eigenvalue weighted by molar-refractivity contribution is -0.631. The fraction of sp³-hybridized carbons (Fsp3) is 0.667. The molecule has 0 amide bonds. The second-order valence-electron chi connectivity index (χ2n) is 7.67. The highest BCUT2D eigenvalue weighted by molar-refractivity contribution is 5.38. The van der Waals surface area contributed by atoms with Gasteiger partial charge in [0.1, 0.15) is 5.75 Å². The average molecular weight is 304 g/mol. The SMILES string of the molecule is CC[C@]12CCCC(C)(C)[C@]13OO[C@]3(c1cccc(O)c1)OC2. The monoisotopic (exact) mass is 304 g/mol. The number of hydrogen-bond acceptors (Lipinski definition) is 4. The van der Waals surface area contributed by atoms with Gasteiger partial charge in [-0.1, -0.05) is 39.3 Å². The van der Waals surface area contributed by atoms with Crippen molar-refractivity contribution in [3.8, 4) is 5.75 Å². The van der Waals surface area contributed by atoms with Crippen molar-refractivity contribution in [3.05, 3.63) is 29.8 Å². The first-order valence-electron chi connectivity index (χ1n) is 8.23. The number of rotatable bonds is 2. The van der Waals surface area contributed by atoms with Crippen LogP contribution in [0, 0.1) is 10.8 Å². The Morgan fingerprint density at radius 3 is 2.64 bits per heavy atom. The van der Waals surface area contributed by atoms with E-state index < -0.39 is 11.4 Å². The molecule has 120 valence electrons. The normalized spacial score (nSPS) is 42.3. The summed E-state index contributed by atoms with van der Waals surface area (Å²) in [4.78, 5) is 11.6. The van der Waals surface area contributed by atoms with Crippen LogP contribution in [0.5, 0.6) is 5.75 Å². The van der Waals surface area contributed by atoms with Crippen LogP contribution in [0.2, 0.25) is 0 Å². The second-order valence-corrected chi connectivity index (χ2v) is 7.67. The second kappa shape index (κ2) is 4.25. The van der Waals surface area contributed by atoms with Gasteiger partial charge in [-0.05, 0) is 31.4 Å². The first-order valence-corrected chi connectivity index (χ1v) is 8.23. The summed E-state index contributed by atoms with van der Waals surface area (Å²) in [6.45, 7) is 7.37. The lowest BCUT2D eigenvalue weighted by Crippen LogP contribution is -2.75. The minimum atomic E-state index is -0.897.